The molecule has 0 bridgehead atoms. The molecule has 0 amide bonds. The Morgan fingerprint density at radius 3 is 2.60 bits per heavy atom. The average molecular weight is 284 g/mol. The minimum atomic E-state index is 0.390. The molecule has 1 saturated carbocycles. The molecule has 0 heterocycles. The van der Waals surface area contributed by atoms with E-state index in [9.17, 15) is 0 Å². The van der Waals surface area contributed by atoms with E-state index in [1.54, 1.807) is 7.11 Å². The molecule has 2 unspecified atom stereocenters. The largest absolute Gasteiger partial charge is 0.383 e. The third kappa shape index (κ3) is 5.01. The smallest absolute Gasteiger partial charge is 0.0589 e. The predicted molar refractivity (Wildman–Crippen MR) is 87.2 cm³/mol. The van der Waals surface area contributed by atoms with Crippen molar-refractivity contribution in [1.82, 2.24) is 10.2 Å². The summed E-state index contributed by atoms with van der Waals surface area (Å²) in [6, 6.07) is 1.24. The molecule has 3 heteroatoms. The molecule has 120 valence electrons. The van der Waals surface area contributed by atoms with E-state index in [2.05, 4.69) is 44.8 Å². The molecule has 0 aromatic heterocycles. The molecule has 1 N–H and O–H groups in total. The predicted octanol–water partition coefficient (Wildman–Crippen LogP) is 3.15. The molecule has 0 spiro atoms. The van der Waals surface area contributed by atoms with Gasteiger partial charge >= 0.3 is 0 Å². The van der Waals surface area contributed by atoms with Gasteiger partial charge in [0.15, 0.2) is 0 Å². The van der Waals surface area contributed by atoms with Crippen LogP contribution in [0.1, 0.15) is 53.9 Å². The Balaban J connectivity index is 2.83. The Kier molecular flexibility index (Phi) is 7.49. The molecule has 3 nitrogen and oxygen atoms in total. The van der Waals surface area contributed by atoms with E-state index in [4.69, 9.17) is 4.74 Å². The lowest BCUT2D eigenvalue weighted by molar-refractivity contribution is 0.0277. The van der Waals surface area contributed by atoms with Gasteiger partial charge in [-0.05, 0) is 30.7 Å². The number of nitrogens with one attached hydrogen (secondary N) is 1. The first-order valence-corrected chi connectivity index (χ1v) is 8.38. The van der Waals surface area contributed by atoms with Crippen LogP contribution in [0.4, 0.5) is 0 Å². The fourth-order valence-corrected chi connectivity index (χ4v) is 3.71. The highest BCUT2D eigenvalue weighted by molar-refractivity contribution is 4.98. The highest BCUT2D eigenvalue weighted by Gasteiger charge is 2.40. The van der Waals surface area contributed by atoms with Crippen molar-refractivity contribution in [1.29, 1.82) is 0 Å². The van der Waals surface area contributed by atoms with E-state index >= 15 is 0 Å². The molecule has 0 saturated heterocycles. The highest BCUT2D eigenvalue weighted by Crippen LogP contribution is 2.38. The number of hydrogen-bond donors (Lipinski definition) is 1. The number of methoxy groups -OCH3 is 1. The zero-order valence-electron chi connectivity index (χ0n) is 14.5. The standard InChI is InChI=1S/C17H36N2O/c1-7-18-16-15(9-8-10-17(16,4)5)19(11-12-20-6)13-14(2)3/h14-16,18H,7-13H2,1-6H3. The lowest BCUT2D eigenvalue weighted by Gasteiger charge is -2.49. The normalized spacial score (nSPS) is 26.4. The van der Waals surface area contributed by atoms with Gasteiger partial charge in [0.25, 0.3) is 0 Å². The van der Waals surface area contributed by atoms with E-state index in [1.165, 1.54) is 25.8 Å². The van der Waals surface area contributed by atoms with Crippen LogP contribution in [-0.2, 0) is 4.74 Å². The Labute approximate surface area is 126 Å². The lowest BCUT2D eigenvalue weighted by Crippen LogP contribution is -2.59. The van der Waals surface area contributed by atoms with Gasteiger partial charge < -0.3 is 10.1 Å². The van der Waals surface area contributed by atoms with Crippen LogP contribution >= 0.6 is 0 Å². The Morgan fingerprint density at radius 1 is 1.35 bits per heavy atom. The molecular formula is C17H36N2O. The van der Waals surface area contributed by atoms with Gasteiger partial charge in [0, 0.05) is 32.3 Å². The van der Waals surface area contributed by atoms with Gasteiger partial charge in [-0.1, -0.05) is 41.0 Å². The molecule has 20 heavy (non-hydrogen) atoms. The summed E-state index contributed by atoms with van der Waals surface area (Å²) in [5.41, 5.74) is 0.390. The third-order valence-corrected chi connectivity index (χ3v) is 4.62. The minimum absolute atomic E-state index is 0.390. The molecule has 1 aliphatic carbocycles. The van der Waals surface area contributed by atoms with E-state index in [-0.39, 0.29) is 0 Å². The van der Waals surface area contributed by atoms with Gasteiger partial charge in [-0.2, -0.15) is 0 Å². The fraction of sp³-hybridized carbons (Fsp3) is 1.00. The first kappa shape index (κ1) is 17.9. The number of hydrogen-bond acceptors (Lipinski definition) is 3. The summed E-state index contributed by atoms with van der Waals surface area (Å²) in [5.74, 6) is 0.708. The summed E-state index contributed by atoms with van der Waals surface area (Å²) < 4.78 is 5.33. The van der Waals surface area contributed by atoms with E-state index < -0.39 is 0 Å². The molecule has 1 aliphatic rings. The maximum absolute atomic E-state index is 5.33. The molecule has 2 atom stereocenters. The van der Waals surface area contributed by atoms with Crippen molar-refractivity contribution in [3.05, 3.63) is 0 Å². The Hall–Kier alpha value is -0.120. The second kappa shape index (κ2) is 8.35. The summed E-state index contributed by atoms with van der Waals surface area (Å²) in [7, 11) is 1.81. The van der Waals surface area contributed by atoms with Crippen molar-refractivity contribution in [2.75, 3.05) is 33.4 Å². The van der Waals surface area contributed by atoms with Crippen molar-refractivity contribution in [2.24, 2.45) is 11.3 Å². The molecule has 1 fully saturated rings. The lowest BCUT2D eigenvalue weighted by atomic mass is 9.70. The number of ether oxygens (including phenoxy) is 1. The van der Waals surface area contributed by atoms with Gasteiger partial charge in [0.2, 0.25) is 0 Å². The maximum Gasteiger partial charge on any atom is 0.0589 e. The maximum atomic E-state index is 5.33. The first-order chi connectivity index (χ1) is 9.42. The van der Waals surface area contributed by atoms with Crippen molar-refractivity contribution < 1.29 is 4.74 Å². The summed E-state index contributed by atoms with van der Waals surface area (Å²) in [6.45, 7) is 15.8. The quantitative estimate of drug-likeness (QED) is 0.741. The van der Waals surface area contributed by atoms with Crippen molar-refractivity contribution in [3.63, 3.8) is 0 Å². The van der Waals surface area contributed by atoms with Crippen LogP contribution in [-0.4, -0.2) is 50.3 Å². The van der Waals surface area contributed by atoms with Crippen LogP contribution in [0.2, 0.25) is 0 Å². The van der Waals surface area contributed by atoms with Crippen LogP contribution in [0.15, 0.2) is 0 Å². The van der Waals surface area contributed by atoms with Crippen LogP contribution in [0.25, 0.3) is 0 Å². The van der Waals surface area contributed by atoms with Gasteiger partial charge in [-0.3, -0.25) is 4.90 Å². The van der Waals surface area contributed by atoms with Crippen molar-refractivity contribution >= 4 is 0 Å². The number of rotatable bonds is 8. The molecular weight excluding hydrogens is 248 g/mol. The summed E-state index contributed by atoms with van der Waals surface area (Å²) in [5, 5.41) is 3.77. The van der Waals surface area contributed by atoms with Crippen LogP contribution in [0.3, 0.4) is 0 Å². The van der Waals surface area contributed by atoms with Crippen LogP contribution in [0, 0.1) is 11.3 Å². The molecule has 0 aromatic rings. The topological polar surface area (TPSA) is 24.5 Å². The van der Waals surface area contributed by atoms with Gasteiger partial charge in [-0.15, -0.1) is 0 Å². The van der Waals surface area contributed by atoms with Gasteiger partial charge in [-0.25, -0.2) is 0 Å². The Bertz CT molecular complexity index is 266. The van der Waals surface area contributed by atoms with Gasteiger partial charge in [0.1, 0.15) is 0 Å². The number of likely N-dealkylation sites (N-methyl/N-ethyl adjacent to an activating group) is 1. The summed E-state index contributed by atoms with van der Waals surface area (Å²) in [4.78, 5) is 2.67. The fourth-order valence-electron chi connectivity index (χ4n) is 3.71. The number of nitrogens with zero attached hydrogens (tertiary/aromatic N) is 1. The molecule has 1 rings (SSSR count). The van der Waals surface area contributed by atoms with E-state index in [0.717, 1.165) is 19.7 Å². The van der Waals surface area contributed by atoms with E-state index in [0.29, 0.717) is 23.4 Å². The Morgan fingerprint density at radius 2 is 2.05 bits per heavy atom. The second-order valence-corrected chi connectivity index (χ2v) is 7.37. The molecule has 0 aliphatic heterocycles. The zero-order valence-corrected chi connectivity index (χ0v) is 14.5. The van der Waals surface area contributed by atoms with Gasteiger partial charge in [0.05, 0.1) is 6.61 Å². The van der Waals surface area contributed by atoms with E-state index in [1.807, 2.05) is 0 Å². The third-order valence-electron chi connectivity index (χ3n) is 4.62. The van der Waals surface area contributed by atoms with Crippen molar-refractivity contribution in [3.8, 4) is 0 Å². The highest BCUT2D eigenvalue weighted by atomic mass is 16.5. The van der Waals surface area contributed by atoms with Crippen LogP contribution in [0.5, 0.6) is 0 Å². The minimum Gasteiger partial charge on any atom is -0.383 e. The summed E-state index contributed by atoms with van der Waals surface area (Å²) in [6.07, 6.45) is 4.00. The first-order valence-electron chi connectivity index (χ1n) is 8.38. The molecule has 0 aromatic carbocycles. The second-order valence-electron chi connectivity index (χ2n) is 7.37. The van der Waals surface area contributed by atoms with Crippen molar-refractivity contribution in [2.45, 2.75) is 66.0 Å². The zero-order chi connectivity index (χ0) is 15.2. The monoisotopic (exact) mass is 284 g/mol. The van der Waals surface area contributed by atoms with Crippen LogP contribution < -0.4 is 5.32 Å². The molecule has 0 radical (unpaired) electrons. The summed E-state index contributed by atoms with van der Waals surface area (Å²) >= 11 is 0. The SMILES string of the molecule is CCNC1C(N(CCOC)CC(C)C)CCCC1(C)C. The average Bonchev–Trinajstić information content (AvgIpc) is 2.36.